The van der Waals surface area contributed by atoms with Crippen LogP contribution >= 0.6 is 58.2 Å². The highest BCUT2D eigenvalue weighted by Crippen LogP contribution is 2.41. The number of benzene rings is 4. The van der Waals surface area contributed by atoms with Crippen molar-refractivity contribution in [2.24, 2.45) is 4.99 Å². The van der Waals surface area contributed by atoms with E-state index >= 15 is 0 Å². The second-order valence-corrected chi connectivity index (χ2v) is 12.3. The molecule has 218 valence electrons. The van der Waals surface area contributed by atoms with Gasteiger partial charge in [0.25, 0.3) is 5.91 Å². The standard InChI is InChI=1S/C32H22Cl4N2O4S/c1-17-3-9-23(14-25(17)34)37-32-38(24-10-4-18(2)26(35)15-24)30(39)28(43-32)12-21-11-22(33)13-27(36)29(21)42-16-19-5-7-20(8-6-19)31(40)41/h3-15H,16H2,1-2H3,(H,40,41)/b28-12+,37-32?. The Balaban J connectivity index is 1.53. The third-order valence-electron chi connectivity index (χ3n) is 6.51. The molecule has 0 saturated carbocycles. The topological polar surface area (TPSA) is 79.2 Å². The maximum atomic E-state index is 13.9. The minimum atomic E-state index is -1.02. The number of hydrogen-bond donors (Lipinski definition) is 1. The number of carbonyl (C=O) groups is 2. The predicted molar refractivity (Wildman–Crippen MR) is 177 cm³/mol. The van der Waals surface area contributed by atoms with Crippen molar-refractivity contribution in [2.45, 2.75) is 20.5 Å². The Kier molecular flexibility index (Phi) is 9.39. The first kappa shape index (κ1) is 31.0. The van der Waals surface area contributed by atoms with Crippen LogP contribution in [0.1, 0.15) is 32.6 Å². The first-order valence-electron chi connectivity index (χ1n) is 12.8. The quantitative estimate of drug-likeness (QED) is 0.198. The van der Waals surface area contributed by atoms with E-state index in [4.69, 9.17) is 61.2 Å². The van der Waals surface area contributed by atoms with E-state index < -0.39 is 5.97 Å². The van der Waals surface area contributed by atoms with Gasteiger partial charge in [-0.1, -0.05) is 70.7 Å². The number of aliphatic imine (C=N–C) groups is 1. The lowest BCUT2D eigenvalue weighted by Crippen LogP contribution is -2.28. The molecule has 5 rings (SSSR count). The number of aromatic carboxylic acids is 1. The van der Waals surface area contributed by atoms with Gasteiger partial charge >= 0.3 is 5.97 Å². The van der Waals surface area contributed by atoms with E-state index in [1.807, 2.05) is 32.0 Å². The minimum Gasteiger partial charge on any atom is -0.487 e. The van der Waals surface area contributed by atoms with Crippen molar-refractivity contribution >= 4 is 92.7 Å². The van der Waals surface area contributed by atoms with Gasteiger partial charge in [-0.15, -0.1) is 0 Å². The van der Waals surface area contributed by atoms with Crippen LogP contribution < -0.4 is 9.64 Å². The van der Waals surface area contributed by atoms with Crippen LogP contribution in [0.15, 0.2) is 82.7 Å². The lowest BCUT2D eigenvalue weighted by molar-refractivity contribution is -0.113. The zero-order valence-electron chi connectivity index (χ0n) is 22.7. The number of rotatable bonds is 7. The van der Waals surface area contributed by atoms with Gasteiger partial charge in [0.2, 0.25) is 0 Å². The van der Waals surface area contributed by atoms with Gasteiger partial charge in [0.15, 0.2) is 5.17 Å². The maximum Gasteiger partial charge on any atom is 0.335 e. The molecule has 1 amide bonds. The van der Waals surface area contributed by atoms with Crippen LogP contribution in [0.25, 0.3) is 6.08 Å². The third kappa shape index (κ3) is 7.03. The number of aryl methyl sites for hydroxylation is 2. The Morgan fingerprint density at radius 3 is 2.23 bits per heavy atom. The fourth-order valence-corrected chi connectivity index (χ4v) is 6.04. The maximum absolute atomic E-state index is 13.9. The van der Waals surface area contributed by atoms with Gasteiger partial charge in [-0.2, -0.15) is 0 Å². The molecule has 4 aromatic rings. The van der Waals surface area contributed by atoms with Gasteiger partial charge in [0.05, 0.1) is 26.9 Å². The minimum absolute atomic E-state index is 0.105. The van der Waals surface area contributed by atoms with E-state index in [0.29, 0.717) is 47.8 Å². The highest BCUT2D eigenvalue weighted by atomic mass is 35.5. The number of hydrogen-bond acceptors (Lipinski definition) is 5. The molecular formula is C32H22Cl4N2O4S. The molecule has 43 heavy (non-hydrogen) atoms. The SMILES string of the molecule is Cc1ccc(N=C2S/C(=C/c3cc(Cl)cc(Cl)c3OCc3ccc(C(=O)O)cc3)C(=O)N2c2ccc(C)c(Cl)c2)cc1Cl. The van der Waals surface area contributed by atoms with Crippen molar-refractivity contribution in [1.82, 2.24) is 0 Å². The summed E-state index contributed by atoms with van der Waals surface area (Å²) in [6.45, 7) is 3.88. The average molecular weight is 672 g/mol. The molecule has 0 bridgehead atoms. The fraction of sp³-hybridized carbons (Fsp3) is 0.0938. The molecule has 1 saturated heterocycles. The molecule has 0 unspecified atom stereocenters. The second kappa shape index (κ2) is 13.0. The van der Waals surface area contributed by atoms with Crippen LogP contribution in [0.5, 0.6) is 5.75 Å². The monoisotopic (exact) mass is 670 g/mol. The molecule has 1 aliphatic heterocycles. The molecule has 6 nitrogen and oxygen atoms in total. The number of thioether (sulfide) groups is 1. The lowest BCUT2D eigenvalue weighted by atomic mass is 10.1. The molecule has 0 spiro atoms. The number of nitrogens with zero attached hydrogens (tertiary/aromatic N) is 2. The number of ether oxygens (including phenoxy) is 1. The van der Waals surface area contributed by atoms with Gasteiger partial charge in [0.1, 0.15) is 12.4 Å². The van der Waals surface area contributed by atoms with E-state index in [1.165, 1.54) is 28.8 Å². The first-order valence-corrected chi connectivity index (χ1v) is 15.1. The molecule has 1 heterocycles. The van der Waals surface area contributed by atoms with Crippen molar-refractivity contribution in [2.75, 3.05) is 4.90 Å². The van der Waals surface area contributed by atoms with Crippen LogP contribution in [-0.2, 0) is 11.4 Å². The van der Waals surface area contributed by atoms with E-state index in [2.05, 4.69) is 0 Å². The third-order valence-corrected chi connectivity index (χ3v) is 8.79. The molecule has 1 fully saturated rings. The zero-order valence-corrected chi connectivity index (χ0v) is 26.5. The molecular weight excluding hydrogens is 650 g/mol. The molecule has 0 radical (unpaired) electrons. The van der Waals surface area contributed by atoms with Crippen molar-refractivity contribution in [3.63, 3.8) is 0 Å². The molecule has 11 heteroatoms. The van der Waals surface area contributed by atoms with Crippen LogP contribution in [0.2, 0.25) is 20.1 Å². The number of halogens is 4. The summed E-state index contributed by atoms with van der Waals surface area (Å²) in [4.78, 5) is 31.7. The Bertz CT molecular complexity index is 1820. The average Bonchev–Trinajstić information content (AvgIpc) is 3.25. The summed E-state index contributed by atoms with van der Waals surface area (Å²) in [5.41, 5.74) is 4.30. The molecule has 1 aliphatic rings. The number of amidine groups is 1. The van der Waals surface area contributed by atoms with E-state index in [9.17, 15) is 9.59 Å². The van der Waals surface area contributed by atoms with E-state index in [1.54, 1.807) is 48.5 Å². The largest absolute Gasteiger partial charge is 0.487 e. The highest BCUT2D eigenvalue weighted by molar-refractivity contribution is 8.19. The summed E-state index contributed by atoms with van der Waals surface area (Å²) in [7, 11) is 0. The van der Waals surface area contributed by atoms with Crippen molar-refractivity contribution in [1.29, 1.82) is 0 Å². The van der Waals surface area contributed by atoms with Crippen LogP contribution in [0.3, 0.4) is 0 Å². The summed E-state index contributed by atoms with van der Waals surface area (Å²) in [5, 5.41) is 11.2. The summed E-state index contributed by atoms with van der Waals surface area (Å²) in [5.74, 6) is -1.03. The van der Waals surface area contributed by atoms with E-state index in [0.717, 1.165) is 16.7 Å². The Morgan fingerprint density at radius 1 is 0.907 bits per heavy atom. The second-order valence-electron chi connectivity index (χ2n) is 9.61. The summed E-state index contributed by atoms with van der Waals surface area (Å²) >= 11 is 26.8. The summed E-state index contributed by atoms with van der Waals surface area (Å²) in [6, 6.07) is 20.3. The Labute approximate surface area is 272 Å². The fourth-order valence-electron chi connectivity index (χ4n) is 4.14. The Morgan fingerprint density at radius 2 is 1.58 bits per heavy atom. The van der Waals surface area contributed by atoms with Crippen LogP contribution in [-0.4, -0.2) is 22.2 Å². The summed E-state index contributed by atoms with van der Waals surface area (Å²) < 4.78 is 6.06. The molecule has 0 aliphatic carbocycles. The Hall–Kier alpha value is -3.46. The van der Waals surface area contributed by atoms with Crippen molar-refractivity contribution < 1.29 is 19.4 Å². The number of carbonyl (C=O) groups excluding carboxylic acids is 1. The normalized spacial score (nSPS) is 15.0. The number of carboxylic acids is 1. The van der Waals surface area contributed by atoms with Gasteiger partial charge in [0, 0.05) is 20.6 Å². The van der Waals surface area contributed by atoms with Gasteiger partial charge in [-0.3, -0.25) is 9.69 Å². The summed E-state index contributed by atoms with van der Waals surface area (Å²) in [6.07, 6.45) is 1.65. The molecule has 0 aromatic heterocycles. The van der Waals surface area contributed by atoms with Crippen molar-refractivity contribution in [3.8, 4) is 5.75 Å². The van der Waals surface area contributed by atoms with E-state index in [-0.39, 0.29) is 23.1 Å². The zero-order chi connectivity index (χ0) is 30.8. The smallest absolute Gasteiger partial charge is 0.335 e. The highest BCUT2D eigenvalue weighted by Gasteiger charge is 2.35. The molecule has 1 N–H and O–H groups in total. The van der Waals surface area contributed by atoms with Crippen molar-refractivity contribution in [3.05, 3.63) is 126 Å². The first-order chi connectivity index (χ1) is 20.5. The number of carboxylic acid groups (broad SMARTS) is 1. The van der Waals surface area contributed by atoms with Gasteiger partial charge in [-0.25, -0.2) is 9.79 Å². The predicted octanol–water partition coefficient (Wildman–Crippen LogP) is 10.0. The molecule has 4 aromatic carbocycles. The number of amides is 1. The van der Waals surface area contributed by atoms with Crippen LogP contribution in [0.4, 0.5) is 11.4 Å². The van der Waals surface area contributed by atoms with Gasteiger partial charge < -0.3 is 9.84 Å². The lowest BCUT2D eigenvalue weighted by Gasteiger charge is -2.17. The van der Waals surface area contributed by atoms with Crippen LogP contribution in [0, 0.1) is 13.8 Å². The number of anilines is 1. The van der Waals surface area contributed by atoms with Gasteiger partial charge in [-0.05, 0) is 96.9 Å². The molecule has 0 atom stereocenters.